The summed E-state index contributed by atoms with van der Waals surface area (Å²) in [5.41, 5.74) is 3.83. The zero-order valence-electron chi connectivity index (χ0n) is 16.3. The summed E-state index contributed by atoms with van der Waals surface area (Å²) < 4.78 is 0. The van der Waals surface area contributed by atoms with Crippen LogP contribution in [0.15, 0.2) is 35.5 Å². The van der Waals surface area contributed by atoms with Gasteiger partial charge < -0.3 is 9.88 Å². The molecule has 0 amide bonds. The number of hydrogen-bond acceptors (Lipinski definition) is 3. The highest BCUT2D eigenvalue weighted by atomic mass is 16.1. The first-order valence-electron chi connectivity index (χ1n) is 9.45. The average Bonchev–Trinajstić information content (AvgIpc) is 3.25. The van der Waals surface area contributed by atoms with Crippen molar-refractivity contribution in [1.29, 1.82) is 0 Å². The zero-order valence-corrected chi connectivity index (χ0v) is 16.3. The monoisotopic (exact) mass is 351 g/mol. The molecule has 4 heteroatoms. The first-order chi connectivity index (χ1) is 12.4. The smallest absolute Gasteiger partial charge is 0.170 e. The van der Waals surface area contributed by atoms with Gasteiger partial charge in [-0.25, -0.2) is 4.99 Å². The molecule has 0 spiro atoms. The third-order valence-electron chi connectivity index (χ3n) is 4.99. The van der Waals surface area contributed by atoms with E-state index >= 15 is 0 Å². The Morgan fingerprint density at radius 2 is 1.85 bits per heavy atom. The van der Waals surface area contributed by atoms with Crippen molar-refractivity contribution >= 4 is 23.5 Å². The Hall–Kier alpha value is -2.36. The molecule has 1 aromatic heterocycles. The maximum atomic E-state index is 12.5. The maximum absolute atomic E-state index is 12.5. The summed E-state index contributed by atoms with van der Waals surface area (Å²) in [4.78, 5) is 22.6. The molecular weight excluding hydrogens is 322 g/mol. The largest absolute Gasteiger partial charge is 0.372 e. The standard InChI is InChI=1S/C22H29N3O/c1-16-19(20(26)22(2,3)4)15-24-21(16)23-12-11-17-7-9-18(10-8-17)25-13-5-6-14-25/h7-10,12,15,24H,5-6,11,13-14H2,1-4H3/b23-12-. The highest BCUT2D eigenvalue weighted by Crippen LogP contribution is 2.27. The van der Waals surface area contributed by atoms with Crippen molar-refractivity contribution in [3.63, 3.8) is 0 Å². The molecule has 1 aliphatic rings. The highest BCUT2D eigenvalue weighted by Gasteiger charge is 2.25. The van der Waals surface area contributed by atoms with Gasteiger partial charge in [0, 0.05) is 54.2 Å². The van der Waals surface area contributed by atoms with Crippen LogP contribution >= 0.6 is 0 Å². The maximum Gasteiger partial charge on any atom is 0.170 e. The van der Waals surface area contributed by atoms with E-state index in [-0.39, 0.29) is 11.2 Å². The van der Waals surface area contributed by atoms with Crippen molar-refractivity contribution in [3.05, 3.63) is 47.2 Å². The van der Waals surface area contributed by atoms with E-state index in [0.717, 1.165) is 23.4 Å². The number of aliphatic imine (C=N–C) groups is 1. The van der Waals surface area contributed by atoms with Gasteiger partial charge in [0.2, 0.25) is 0 Å². The van der Waals surface area contributed by atoms with E-state index in [1.165, 1.54) is 37.2 Å². The molecule has 0 atom stereocenters. The third-order valence-corrected chi connectivity index (χ3v) is 4.99. The van der Waals surface area contributed by atoms with Crippen LogP contribution in [0.1, 0.15) is 55.1 Å². The molecule has 26 heavy (non-hydrogen) atoms. The summed E-state index contributed by atoms with van der Waals surface area (Å²) in [6, 6.07) is 8.76. The van der Waals surface area contributed by atoms with E-state index in [1.807, 2.05) is 33.9 Å². The fourth-order valence-electron chi connectivity index (χ4n) is 3.32. The van der Waals surface area contributed by atoms with Crippen LogP contribution < -0.4 is 4.90 Å². The van der Waals surface area contributed by atoms with Crippen LogP contribution in [0.25, 0.3) is 0 Å². The van der Waals surface area contributed by atoms with Gasteiger partial charge in [-0.2, -0.15) is 0 Å². The summed E-state index contributed by atoms with van der Waals surface area (Å²) in [6.45, 7) is 10.1. The van der Waals surface area contributed by atoms with E-state index in [0.29, 0.717) is 0 Å². The quantitative estimate of drug-likeness (QED) is 0.602. The minimum Gasteiger partial charge on any atom is -0.372 e. The predicted octanol–water partition coefficient (Wildman–Crippen LogP) is 5.10. The lowest BCUT2D eigenvalue weighted by Gasteiger charge is -2.17. The van der Waals surface area contributed by atoms with Gasteiger partial charge in [-0.15, -0.1) is 0 Å². The number of hydrogen-bond donors (Lipinski definition) is 1. The van der Waals surface area contributed by atoms with Crippen LogP contribution in [-0.4, -0.2) is 30.1 Å². The Bertz CT molecular complexity index is 788. The lowest BCUT2D eigenvalue weighted by atomic mass is 9.86. The van der Waals surface area contributed by atoms with Crippen molar-refractivity contribution < 1.29 is 4.79 Å². The first-order valence-corrected chi connectivity index (χ1v) is 9.45. The second-order valence-electron chi connectivity index (χ2n) is 8.13. The topological polar surface area (TPSA) is 48.5 Å². The van der Waals surface area contributed by atoms with Crippen LogP contribution in [0, 0.1) is 12.3 Å². The van der Waals surface area contributed by atoms with Gasteiger partial charge in [0.05, 0.1) is 0 Å². The number of aromatic nitrogens is 1. The summed E-state index contributed by atoms with van der Waals surface area (Å²) >= 11 is 0. The van der Waals surface area contributed by atoms with Gasteiger partial charge in [0.25, 0.3) is 0 Å². The second kappa shape index (κ2) is 7.48. The second-order valence-corrected chi connectivity index (χ2v) is 8.13. The predicted molar refractivity (Wildman–Crippen MR) is 109 cm³/mol. The minimum atomic E-state index is -0.384. The number of carbonyl (C=O) groups is 1. The van der Waals surface area contributed by atoms with E-state index in [2.05, 4.69) is 39.1 Å². The number of H-pyrrole nitrogens is 1. The number of nitrogens with one attached hydrogen (secondary N) is 1. The van der Waals surface area contributed by atoms with Gasteiger partial charge in [0.15, 0.2) is 5.78 Å². The van der Waals surface area contributed by atoms with Crippen LogP contribution in [0.4, 0.5) is 11.5 Å². The fraction of sp³-hybridized carbons (Fsp3) is 0.455. The molecule has 1 N–H and O–H groups in total. The number of nitrogens with zero attached hydrogens (tertiary/aromatic N) is 2. The molecular formula is C22H29N3O. The number of Topliss-reactive ketones (excluding diaryl/α,β-unsaturated/α-hetero) is 1. The molecule has 0 unspecified atom stereocenters. The van der Waals surface area contributed by atoms with Crippen LogP contribution in [0.2, 0.25) is 0 Å². The van der Waals surface area contributed by atoms with E-state index in [4.69, 9.17) is 0 Å². The number of aromatic amines is 1. The molecule has 0 bridgehead atoms. The number of benzene rings is 1. The highest BCUT2D eigenvalue weighted by molar-refractivity contribution is 6.01. The Balaban J connectivity index is 1.64. The minimum absolute atomic E-state index is 0.144. The van der Waals surface area contributed by atoms with Crippen molar-refractivity contribution in [2.75, 3.05) is 18.0 Å². The Morgan fingerprint density at radius 3 is 2.46 bits per heavy atom. The molecule has 1 saturated heterocycles. The molecule has 0 saturated carbocycles. The van der Waals surface area contributed by atoms with E-state index < -0.39 is 0 Å². The van der Waals surface area contributed by atoms with Crippen molar-refractivity contribution in [2.45, 2.75) is 47.0 Å². The molecule has 2 aromatic rings. The number of carbonyl (C=O) groups excluding carboxylic acids is 1. The molecule has 1 aromatic carbocycles. The van der Waals surface area contributed by atoms with E-state index in [1.54, 1.807) is 6.20 Å². The number of rotatable bonds is 5. The van der Waals surface area contributed by atoms with Crippen molar-refractivity contribution in [1.82, 2.24) is 4.98 Å². The van der Waals surface area contributed by atoms with E-state index in [9.17, 15) is 4.79 Å². The van der Waals surface area contributed by atoms with Gasteiger partial charge in [0.1, 0.15) is 5.82 Å². The Labute approximate surface area is 156 Å². The number of ketones is 1. The van der Waals surface area contributed by atoms with Crippen molar-refractivity contribution in [2.24, 2.45) is 10.4 Å². The molecule has 3 rings (SSSR count). The summed E-state index contributed by atoms with van der Waals surface area (Å²) in [7, 11) is 0. The average molecular weight is 351 g/mol. The van der Waals surface area contributed by atoms with Crippen LogP contribution in [0.3, 0.4) is 0 Å². The first kappa shape index (κ1) is 18.4. The summed E-state index contributed by atoms with van der Waals surface area (Å²) in [5.74, 6) is 0.913. The third kappa shape index (κ3) is 4.06. The van der Waals surface area contributed by atoms with Gasteiger partial charge in [-0.05, 0) is 37.5 Å². The molecule has 1 fully saturated rings. The van der Waals surface area contributed by atoms with Crippen LogP contribution in [0.5, 0.6) is 0 Å². The molecule has 4 nitrogen and oxygen atoms in total. The van der Waals surface area contributed by atoms with Gasteiger partial charge in [-0.1, -0.05) is 32.9 Å². The number of anilines is 1. The van der Waals surface area contributed by atoms with Gasteiger partial charge in [-0.3, -0.25) is 4.79 Å². The normalized spacial score (nSPS) is 15.2. The molecule has 0 aliphatic carbocycles. The van der Waals surface area contributed by atoms with Crippen LogP contribution in [-0.2, 0) is 6.42 Å². The molecule has 1 aliphatic heterocycles. The SMILES string of the molecule is Cc1c(C(=O)C(C)(C)C)c[nH]c1/N=C\Cc1ccc(N2CCCC2)cc1. The zero-order chi connectivity index (χ0) is 18.7. The van der Waals surface area contributed by atoms with Gasteiger partial charge >= 0.3 is 0 Å². The Morgan fingerprint density at radius 1 is 1.19 bits per heavy atom. The van der Waals surface area contributed by atoms with Crippen molar-refractivity contribution in [3.8, 4) is 0 Å². The Kier molecular flexibility index (Phi) is 5.30. The lowest BCUT2D eigenvalue weighted by Crippen LogP contribution is -2.20. The summed E-state index contributed by atoms with van der Waals surface area (Å²) in [6.07, 6.45) is 7.06. The molecule has 2 heterocycles. The molecule has 138 valence electrons. The fourth-order valence-corrected chi connectivity index (χ4v) is 3.32. The molecule has 0 radical (unpaired) electrons. The lowest BCUT2D eigenvalue weighted by molar-refractivity contribution is 0.0858. The summed E-state index contributed by atoms with van der Waals surface area (Å²) in [5, 5.41) is 0.